The zero-order valence-electron chi connectivity index (χ0n) is 52.8. The van der Waals surface area contributed by atoms with E-state index in [4.69, 9.17) is 15.0 Å². The summed E-state index contributed by atoms with van der Waals surface area (Å²) in [5, 5.41) is 34.5. The summed E-state index contributed by atoms with van der Waals surface area (Å²) in [6.45, 7) is 0. The predicted octanol–water partition coefficient (Wildman–Crippen LogP) is 22.4. The van der Waals surface area contributed by atoms with Gasteiger partial charge in [0.05, 0.1) is 57.0 Å². The Morgan fingerprint density at radius 2 is 0.500 bits per heavy atom. The van der Waals surface area contributed by atoms with Gasteiger partial charge in [0.15, 0.2) is 17.5 Å². The normalized spacial score (nSPS) is 11.2. The number of hydrogen-bond donors (Lipinski definition) is 0. The van der Waals surface area contributed by atoms with E-state index in [1.807, 2.05) is 121 Å². The quantitative estimate of drug-likeness (QED) is 0.120. The first-order valence-electron chi connectivity index (χ1n) is 32.5. The summed E-state index contributed by atoms with van der Waals surface area (Å²) < 4.78 is 4.68. The van der Waals surface area contributed by atoms with Crippen molar-refractivity contribution in [1.82, 2.24) is 24.1 Å². The SMILES string of the molecule is N#Cc1ccc(-c2ccc(-n3c4ccc(-c5ccccc5)cc4c4cc(-c5ccccc5)ccc43)cc2-c2nc(-c3ccc(-c4cccc(C#N)c4)cc3)nc(-c3cc(-n4c5ccc(-c6ccccc6)cc5c5cc(-c6ccccc6)ccc54)ccc3-c3ccc(C#N)cc3)n2)cc1. The topological polar surface area (TPSA) is 120 Å². The van der Waals surface area contributed by atoms with Gasteiger partial charge in [0.1, 0.15) is 0 Å². The largest absolute Gasteiger partial charge is 0.309 e. The van der Waals surface area contributed by atoms with Crippen molar-refractivity contribution in [2.75, 3.05) is 0 Å². The van der Waals surface area contributed by atoms with Gasteiger partial charge in [0.2, 0.25) is 0 Å². The van der Waals surface area contributed by atoms with Crippen LogP contribution in [-0.2, 0) is 0 Å². The molecule has 454 valence electrons. The molecule has 0 spiro atoms. The second-order valence-corrected chi connectivity index (χ2v) is 24.5. The van der Waals surface area contributed by atoms with Crippen molar-refractivity contribution in [3.8, 4) is 142 Å². The molecule has 17 rings (SSSR count). The molecule has 0 aliphatic heterocycles. The van der Waals surface area contributed by atoms with Crippen LogP contribution in [0.1, 0.15) is 16.7 Å². The highest BCUT2D eigenvalue weighted by atomic mass is 15.0. The zero-order valence-corrected chi connectivity index (χ0v) is 52.8. The smallest absolute Gasteiger partial charge is 0.164 e. The summed E-state index contributed by atoms with van der Waals surface area (Å²) in [4.78, 5) is 16.9. The Balaban J connectivity index is 0.925. The molecular weight excluding hydrogens is 1190 g/mol. The molecule has 0 saturated heterocycles. The number of nitrogens with zero attached hydrogens (tertiary/aromatic N) is 8. The maximum Gasteiger partial charge on any atom is 0.164 e. The fourth-order valence-electron chi connectivity index (χ4n) is 13.8. The Bertz CT molecular complexity index is 5580. The average Bonchev–Trinajstić information content (AvgIpc) is 1.53. The molecular formula is C90H54N8. The zero-order chi connectivity index (χ0) is 65.6. The Morgan fingerprint density at radius 3 is 0.857 bits per heavy atom. The molecule has 0 saturated carbocycles. The van der Waals surface area contributed by atoms with Gasteiger partial charge in [-0.1, -0.05) is 218 Å². The van der Waals surface area contributed by atoms with E-state index in [0.29, 0.717) is 34.2 Å². The number of fused-ring (bicyclic) bond motifs is 6. The van der Waals surface area contributed by atoms with Crippen LogP contribution >= 0.6 is 0 Å². The van der Waals surface area contributed by atoms with E-state index >= 15 is 0 Å². The minimum atomic E-state index is 0.422. The van der Waals surface area contributed by atoms with Crippen molar-refractivity contribution in [2.24, 2.45) is 0 Å². The van der Waals surface area contributed by atoms with E-state index in [9.17, 15) is 15.8 Å². The Morgan fingerprint density at radius 1 is 0.204 bits per heavy atom. The van der Waals surface area contributed by atoms with Crippen molar-refractivity contribution >= 4 is 43.6 Å². The fraction of sp³-hybridized carbons (Fsp3) is 0. The third-order valence-electron chi connectivity index (χ3n) is 18.7. The lowest BCUT2D eigenvalue weighted by Crippen LogP contribution is -2.04. The summed E-state index contributed by atoms with van der Waals surface area (Å²) >= 11 is 0. The molecule has 98 heavy (non-hydrogen) atoms. The van der Waals surface area contributed by atoms with Crippen LogP contribution in [0, 0.1) is 34.0 Å². The number of rotatable bonds is 12. The predicted molar refractivity (Wildman–Crippen MR) is 397 cm³/mol. The molecule has 0 aliphatic rings. The first-order valence-corrected chi connectivity index (χ1v) is 32.5. The van der Waals surface area contributed by atoms with Crippen LogP contribution < -0.4 is 0 Å². The van der Waals surface area contributed by atoms with Gasteiger partial charge in [0, 0.05) is 49.6 Å². The highest BCUT2D eigenvalue weighted by Gasteiger charge is 2.24. The molecule has 0 aliphatic carbocycles. The van der Waals surface area contributed by atoms with E-state index < -0.39 is 0 Å². The van der Waals surface area contributed by atoms with Crippen molar-refractivity contribution in [1.29, 1.82) is 15.8 Å². The third-order valence-corrected chi connectivity index (χ3v) is 18.7. The molecule has 0 bridgehead atoms. The standard InChI is InChI=1S/C90H54N8/c91-55-58-24-28-66(29-25-58)76-42-40-74(97-84-44-36-70(61-15-5-1-6-16-61)49-78(84)79-50-71(37-45-85(79)97)62-17-7-2-8-18-62)53-82(76)89-94-88(68-34-32-65(33-35-68)69-23-13-14-60(48-69)57-93)95-90(96-89)83-54-75(41-43-77(83)67-30-26-59(56-92)27-31-67)98-86-46-38-72(63-19-9-3-10-20-63)51-80(86)81-52-73(39-47-87(81)98)64-21-11-4-12-22-64/h1-54H. The maximum atomic E-state index is 10.1. The van der Waals surface area contributed by atoms with Gasteiger partial charge in [-0.25, -0.2) is 15.0 Å². The summed E-state index contributed by atoms with van der Waals surface area (Å²) in [6, 6.07) is 120. The highest BCUT2D eigenvalue weighted by Crippen LogP contribution is 2.44. The maximum absolute atomic E-state index is 10.1. The minimum absolute atomic E-state index is 0.422. The lowest BCUT2D eigenvalue weighted by atomic mass is 9.96. The molecule has 0 atom stereocenters. The lowest BCUT2D eigenvalue weighted by Gasteiger charge is -2.17. The van der Waals surface area contributed by atoms with Crippen molar-refractivity contribution < 1.29 is 0 Å². The number of nitriles is 3. The first kappa shape index (κ1) is 58.0. The summed E-state index contributed by atoms with van der Waals surface area (Å²) in [7, 11) is 0. The number of hydrogen-bond acceptors (Lipinski definition) is 6. The minimum Gasteiger partial charge on any atom is -0.309 e. The van der Waals surface area contributed by atoms with E-state index in [-0.39, 0.29) is 0 Å². The van der Waals surface area contributed by atoms with Gasteiger partial charge in [-0.05, 0) is 187 Å². The van der Waals surface area contributed by atoms with Crippen LogP contribution in [0.2, 0.25) is 0 Å². The van der Waals surface area contributed by atoms with Crippen LogP contribution in [0.4, 0.5) is 0 Å². The molecule has 0 radical (unpaired) electrons. The Kier molecular flexibility index (Phi) is 14.5. The van der Waals surface area contributed by atoms with Gasteiger partial charge < -0.3 is 9.13 Å². The van der Waals surface area contributed by atoms with Gasteiger partial charge in [-0.3, -0.25) is 0 Å². The summed E-state index contributed by atoms with van der Waals surface area (Å²) in [5.41, 5.74) is 24.1. The van der Waals surface area contributed by atoms with E-state index in [2.05, 4.69) is 234 Å². The molecule has 0 amide bonds. The van der Waals surface area contributed by atoms with Crippen LogP contribution in [0.3, 0.4) is 0 Å². The molecule has 0 N–H and O–H groups in total. The molecule has 3 heterocycles. The number of benzene rings is 14. The molecule has 0 unspecified atom stereocenters. The van der Waals surface area contributed by atoms with Crippen LogP contribution in [0.25, 0.3) is 167 Å². The molecule has 14 aromatic carbocycles. The monoisotopic (exact) mass is 1250 g/mol. The molecule has 8 nitrogen and oxygen atoms in total. The second-order valence-electron chi connectivity index (χ2n) is 24.5. The molecule has 17 aromatic rings. The molecule has 8 heteroatoms. The Hall–Kier alpha value is -13.8. The van der Waals surface area contributed by atoms with Gasteiger partial charge in [-0.15, -0.1) is 0 Å². The van der Waals surface area contributed by atoms with E-state index in [1.54, 1.807) is 0 Å². The van der Waals surface area contributed by atoms with Gasteiger partial charge in [0.25, 0.3) is 0 Å². The highest BCUT2D eigenvalue weighted by molar-refractivity contribution is 6.13. The number of aromatic nitrogens is 5. The average molecular weight is 1250 g/mol. The summed E-state index contributed by atoms with van der Waals surface area (Å²) in [6.07, 6.45) is 0. The van der Waals surface area contributed by atoms with Crippen LogP contribution in [-0.4, -0.2) is 24.1 Å². The third kappa shape index (κ3) is 10.6. The van der Waals surface area contributed by atoms with Gasteiger partial charge >= 0.3 is 0 Å². The molecule has 3 aromatic heterocycles. The van der Waals surface area contributed by atoms with Gasteiger partial charge in [-0.2, -0.15) is 15.8 Å². The summed E-state index contributed by atoms with van der Waals surface area (Å²) in [5.74, 6) is 1.28. The second kappa shape index (κ2) is 24.6. The first-order chi connectivity index (χ1) is 48.4. The van der Waals surface area contributed by atoms with Crippen molar-refractivity contribution in [3.63, 3.8) is 0 Å². The van der Waals surface area contributed by atoms with Crippen LogP contribution in [0.5, 0.6) is 0 Å². The van der Waals surface area contributed by atoms with Crippen molar-refractivity contribution in [2.45, 2.75) is 0 Å². The van der Waals surface area contributed by atoms with Crippen LogP contribution in [0.15, 0.2) is 328 Å². The van der Waals surface area contributed by atoms with Crippen molar-refractivity contribution in [3.05, 3.63) is 344 Å². The lowest BCUT2D eigenvalue weighted by molar-refractivity contribution is 1.07. The van der Waals surface area contributed by atoms with E-state index in [1.165, 1.54) is 0 Å². The van der Waals surface area contributed by atoms with E-state index in [0.717, 1.165) is 150 Å². The molecule has 0 fully saturated rings. The Labute approximate surface area is 566 Å². The fourth-order valence-corrected chi connectivity index (χ4v) is 13.8.